The lowest BCUT2D eigenvalue weighted by Crippen LogP contribution is -2.00. The zero-order chi connectivity index (χ0) is 10.4. The zero-order valence-electron chi connectivity index (χ0n) is 8.53. The highest BCUT2D eigenvalue weighted by atomic mass is 16.5. The average Bonchev–Trinajstić information content (AvgIpc) is 2.26. The fourth-order valence-corrected chi connectivity index (χ4v) is 1.27. The largest absolute Gasteiger partial charge is 0.497 e. The van der Waals surface area contributed by atoms with Crippen molar-refractivity contribution in [3.05, 3.63) is 29.8 Å². The van der Waals surface area contributed by atoms with E-state index in [9.17, 15) is 0 Å². The van der Waals surface area contributed by atoms with Gasteiger partial charge in [0.2, 0.25) is 0 Å². The molecule has 0 aromatic heterocycles. The molecule has 76 valence electrons. The highest BCUT2D eigenvalue weighted by molar-refractivity contribution is 6.00. The number of ether oxygens (including phenoxy) is 1. The maximum absolute atomic E-state index is 8.79. The van der Waals surface area contributed by atoms with Gasteiger partial charge in [0, 0.05) is 0 Å². The zero-order valence-corrected chi connectivity index (χ0v) is 8.53. The highest BCUT2D eigenvalue weighted by Gasteiger charge is 2.02. The molecule has 0 aliphatic heterocycles. The lowest BCUT2D eigenvalue weighted by Gasteiger charge is -2.04. The molecule has 1 rings (SSSR count). The van der Waals surface area contributed by atoms with Gasteiger partial charge in [-0.3, -0.25) is 0 Å². The van der Waals surface area contributed by atoms with Crippen LogP contribution >= 0.6 is 0 Å². The third-order valence-corrected chi connectivity index (χ3v) is 2.03. The summed E-state index contributed by atoms with van der Waals surface area (Å²) in [5.41, 5.74) is 1.66. The molecule has 0 atom stereocenters. The minimum Gasteiger partial charge on any atom is -0.497 e. The fourth-order valence-electron chi connectivity index (χ4n) is 1.27. The number of methoxy groups -OCH3 is 1. The SMILES string of the molecule is CCCC(=NO)c1ccc(OC)cc1. The molecular formula is C11H15NO2. The quantitative estimate of drug-likeness (QED) is 0.454. The van der Waals surface area contributed by atoms with E-state index in [1.54, 1.807) is 7.11 Å². The normalized spacial score (nSPS) is 11.4. The Kier molecular flexibility index (Phi) is 3.98. The third kappa shape index (κ3) is 2.49. The van der Waals surface area contributed by atoms with Crippen molar-refractivity contribution in [2.24, 2.45) is 5.16 Å². The van der Waals surface area contributed by atoms with Crippen molar-refractivity contribution in [1.82, 2.24) is 0 Å². The number of hydrogen-bond donors (Lipinski definition) is 1. The van der Waals surface area contributed by atoms with Gasteiger partial charge in [0.25, 0.3) is 0 Å². The molecule has 0 aliphatic rings. The standard InChI is InChI=1S/C11H15NO2/c1-3-4-11(12-13)9-5-7-10(14-2)8-6-9/h5-8,13H,3-4H2,1-2H3. The predicted molar refractivity (Wildman–Crippen MR) is 56.2 cm³/mol. The fraction of sp³-hybridized carbons (Fsp3) is 0.364. The van der Waals surface area contributed by atoms with Gasteiger partial charge >= 0.3 is 0 Å². The van der Waals surface area contributed by atoms with E-state index in [-0.39, 0.29) is 0 Å². The molecule has 3 heteroatoms. The van der Waals surface area contributed by atoms with E-state index in [1.807, 2.05) is 24.3 Å². The molecule has 1 aromatic rings. The van der Waals surface area contributed by atoms with Gasteiger partial charge < -0.3 is 9.94 Å². The molecule has 0 unspecified atom stereocenters. The second-order valence-corrected chi connectivity index (χ2v) is 3.03. The van der Waals surface area contributed by atoms with Crippen LogP contribution in [0.4, 0.5) is 0 Å². The van der Waals surface area contributed by atoms with Gasteiger partial charge in [0.1, 0.15) is 5.75 Å². The van der Waals surface area contributed by atoms with Crippen molar-refractivity contribution in [2.75, 3.05) is 7.11 Å². The number of benzene rings is 1. The Morgan fingerprint density at radius 2 is 2.00 bits per heavy atom. The molecule has 0 amide bonds. The monoisotopic (exact) mass is 193 g/mol. The summed E-state index contributed by atoms with van der Waals surface area (Å²) < 4.78 is 5.04. The first-order valence-electron chi connectivity index (χ1n) is 4.67. The second-order valence-electron chi connectivity index (χ2n) is 3.03. The third-order valence-electron chi connectivity index (χ3n) is 2.03. The van der Waals surface area contributed by atoms with Crippen molar-refractivity contribution in [3.63, 3.8) is 0 Å². The van der Waals surface area contributed by atoms with E-state index in [0.29, 0.717) is 0 Å². The van der Waals surface area contributed by atoms with Crippen LogP contribution in [0, 0.1) is 0 Å². The summed E-state index contributed by atoms with van der Waals surface area (Å²) in [6.07, 6.45) is 1.74. The van der Waals surface area contributed by atoms with Crippen LogP contribution in [0.15, 0.2) is 29.4 Å². The summed E-state index contributed by atoms with van der Waals surface area (Å²) >= 11 is 0. The molecule has 0 bridgehead atoms. The lowest BCUT2D eigenvalue weighted by molar-refractivity contribution is 0.318. The van der Waals surface area contributed by atoms with E-state index >= 15 is 0 Å². The molecule has 0 heterocycles. The summed E-state index contributed by atoms with van der Waals surface area (Å²) in [5.74, 6) is 0.808. The van der Waals surface area contributed by atoms with Crippen molar-refractivity contribution in [3.8, 4) is 5.75 Å². The molecule has 1 aromatic carbocycles. The summed E-state index contributed by atoms with van der Waals surface area (Å²) in [6, 6.07) is 7.50. The van der Waals surface area contributed by atoms with E-state index < -0.39 is 0 Å². The van der Waals surface area contributed by atoms with Crippen LogP contribution in [0.2, 0.25) is 0 Å². The maximum atomic E-state index is 8.79. The van der Waals surface area contributed by atoms with E-state index in [2.05, 4.69) is 12.1 Å². The Morgan fingerprint density at radius 3 is 2.43 bits per heavy atom. The van der Waals surface area contributed by atoms with Gasteiger partial charge in [-0.2, -0.15) is 0 Å². The molecule has 14 heavy (non-hydrogen) atoms. The molecule has 0 spiro atoms. The molecule has 1 N–H and O–H groups in total. The average molecular weight is 193 g/mol. The molecule has 3 nitrogen and oxygen atoms in total. The molecular weight excluding hydrogens is 178 g/mol. The minimum absolute atomic E-state index is 0.718. The summed E-state index contributed by atoms with van der Waals surface area (Å²) in [6.45, 7) is 2.05. The smallest absolute Gasteiger partial charge is 0.118 e. The van der Waals surface area contributed by atoms with Crippen LogP contribution in [0.25, 0.3) is 0 Å². The van der Waals surface area contributed by atoms with Gasteiger partial charge in [-0.05, 0) is 36.2 Å². The first kappa shape index (κ1) is 10.6. The van der Waals surface area contributed by atoms with E-state index in [0.717, 1.165) is 29.9 Å². The number of hydrogen-bond acceptors (Lipinski definition) is 3. The van der Waals surface area contributed by atoms with Gasteiger partial charge in [0.05, 0.1) is 12.8 Å². The Hall–Kier alpha value is -1.51. The van der Waals surface area contributed by atoms with Crippen molar-refractivity contribution in [2.45, 2.75) is 19.8 Å². The van der Waals surface area contributed by atoms with Crippen LogP contribution in [0.3, 0.4) is 0 Å². The summed E-state index contributed by atoms with van der Waals surface area (Å²) in [7, 11) is 1.63. The van der Waals surface area contributed by atoms with Crippen LogP contribution in [-0.2, 0) is 0 Å². The molecule has 0 aliphatic carbocycles. The van der Waals surface area contributed by atoms with Gasteiger partial charge in [-0.1, -0.05) is 18.5 Å². The molecule has 0 saturated heterocycles. The van der Waals surface area contributed by atoms with Crippen LogP contribution < -0.4 is 4.74 Å². The topological polar surface area (TPSA) is 41.8 Å². The Bertz CT molecular complexity index is 304. The van der Waals surface area contributed by atoms with E-state index in [4.69, 9.17) is 9.94 Å². The van der Waals surface area contributed by atoms with Gasteiger partial charge in [-0.15, -0.1) is 0 Å². The van der Waals surface area contributed by atoms with Crippen LogP contribution in [0.1, 0.15) is 25.3 Å². The highest BCUT2D eigenvalue weighted by Crippen LogP contribution is 2.13. The van der Waals surface area contributed by atoms with Crippen LogP contribution in [0.5, 0.6) is 5.75 Å². The number of nitrogens with zero attached hydrogens (tertiary/aromatic N) is 1. The van der Waals surface area contributed by atoms with Crippen molar-refractivity contribution >= 4 is 5.71 Å². The second kappa shape index (κ2) is 5.27. The van der Waals surface area contributed by atoms with Gasteiger partial charge in [-0.25, -0.2) is 0 Å². The Morgan fingerprint density at radius 1 is 1.36 bits per heavy atom. The Balaban J connectivity index is 2.84. The van der Waals surface area contributed by atoms with Gasteiger partial charge in [0.15, 0.2) is 0 Å². The molecule has 0 saturated carbocycles. The first-order chi connectivity index (χ1) is 6.81. The first-order valence-corrected chi connectivity index (χ1v) is 4.67. The van der Waals surface area contributed by atoms with Crippen LogP contribution in [-0.4, -0.2) is 18.0 Å². The van der Waals surface area contributed by atoms with Crippen molar-refractivity contribution in [1.29, 1.82) is 0 Å². The van der Waals surface area contributed by atoms with Crippen molar-refractivity contribution < 1.29 is 9.94 Å². The summed E-state index contributed by atoms with van der Waals surface area (Å²) in [4.78, 5) is 0. The predicted octanol–water partition coefficient (Wildman–Crippen LogP) is 2.67. The maximum Gasteiger partial charge on any atom is 0.118 e. The lowest BCUT2D eigenvalue weighted by atomic mass is 10.1. The summed E-state index contributed by atoms with van der Waals surface area (Å²) in [5, 5.41) is 12.1. The molecule has 0 fully saturated rings. The number of rotatable bonds is 4. The number of oxime groups is 1. The molecule has 0 radical (unpaired) electrons. The Labute approximate surface area is 84.0 Å². The minimum atomic E-state index is 0.718. The van der Waals surface area contributed by atoms with E-state index in [1.165, 1.54) is 0 Å².